The summed E-state index contributed by atoms with van der Waals surface area (Å²) >= 11 is 0. The van der Waals surface area contributed by atoms with Crippen LogP contribution in [0.4, 0.5) is 0 Å². The van der Waals surface area contributed by atoms with Crippen LogP contribution in [0.1, 0.15) is 11.3 Å². The zero-order chi connectivity index (χ0) is 9.80. The van der Waals surface area contributed by atoms with Crippen LogP contribution in [0.3, 0.4) is 0 Å². The highest BCUT2D eigenvalue weighted by Crippen LogP contribution is 2.00. The van der Waals surface area contributed by atoms with Crippen LogP contribution in [0.5, 0.6) is 0 Å². The molecule has 0 saturated carbocycles. The Morgan fingerprint density at radius 1 is 1.36 bits per heavy atom. The molecule has 0 fully saturated rings. The lowest BCUT2D eigenvalue weighted by atomic mass is 10.2. The normalized spacial score (nSPS) is 10.4. The minimum Gasteiger partial charge on any atom is -0.337 e. The Morgan fingerprint density at radius 3 is 2.93 bits per heavy atom. The van der Waals surface area contributed by atoms with Gasteiger partial charge in [-0.05, 0) is 18.6 Å². The van der Waals surface area contributed by atoms with Gasteiger partial charge >= 0.3 is 0 Å². The molecule has 0 aliphatic rings. The lowest BCUT2D eigenvalue weighted by Crippen LogP contribution is -2.00. The molecular formula is C11H13N3. The number of nitrogens with zero attached hydrogens (tertiary/aromatic N) is 3. The third kappa shape index (κ3) is 2.19. The number of pyridine rings is 1. The Kier molecular flexibility index (Phi) is 2.58. The molecule has 2 aromatic heterocycles. The molecule has 0 spiro atoms. The van der Waals surface area contributed by atoms with E-state index in [0.717, 1.165) is 18.7 Å². The van der Waals surface area contributed by atoms with Crippen molar-refractivity contribution in [1.82, 2.24) is 14.5 Å². The van der Waals surface area contributed by atoms with Gasteiger partial charge in [0, 0.05) is 37.3 Å². The van der Waals surface area contributed by atoms with Crippen LogP contribution in [0.15, 0.2) is 37.1 Å². The maximum Gasteiger partial charge on any atom is 0.0946 e. The predicted molar refractivity (Wildman–Crippen MR) is 54.9 cm³/mol. The molecule has 0 amide bonds. The molecule has 0 atom stereocenters. The fraction of sp³-hybridized carbons (Fsp3) is 0.273. The van der Waals surface area contributed by atoms with Crippen molar-refractivity contribution >= 4 is 0 Å². The summed E-state index contributed by atoms with van der Waals surface area (Å²) < 4.78 is 2.06. The second-order valence-electron chi connectivity index (χ2n) is 3.38. The molecule has 3 heteroatoms. The van der Waals surface area contributed by atoms with Crippen molar-refractivity contribution in [3.63, 3.8) is 0 Å². The summed E-state index contributed by atoms with van der Waals surface area (Å²) in [6.07, 6.45) is 8.45. The van der Waals surface area contributed by atoms with Crippen LogP contribution in [-0.2, 0) is 13.0 Å². The summed E-state index contributed by atoms with van der Waals surface area (Å²) in [6, 6.07) is 4.17. The maximum atomic E-state index is 4.34. The van der Waals surface area contributed by atoms with E-state index in [-0.39, 0.29) is 0 Å². The van der Waals surface area contributed by atoms with Gasteiger partial charge < -0.3 is 4.57 Å². The number of rotatable bonds is 3. The van der Waals surface area contributed by atoms with Gasteiger partial charge in [-0.1, -0.05) is 6.07 Å². The van der Waals surface area contributed by atoms with Gasteiger partial charge in [0.2, 0.25) is 0 Å². The van der Waals surface area contributed by atoms with E-state index in [9.17, 15) is 0 Å². The number of imidazole rings is 1. The topological polar surface area (TPSA) is 30.7 Å². The molecule has 14 heavy (non-hydrogen) atoms. The van der Waals surface area contributed by atoms with E-state index in [1.54, 1.807) is 6.20 Å². The minimum absolute atomic E-state index is 0.941. The smallest absolute Gasteiger partial charge is 0.0946 e. The largest absolute Gasteiger partial charge is 0.337 e. The molecule has 0 radical (unpaired) electrons. The Hall–Kier alpha value is -1.64. The minimum atomic E-state index is 0.941. The quantitative estimate of drug-likeness (QED) is 0.734. The lowest BCUT2D eigenvalue weighted by Gasteiger charge is -2.01. The van der Waals surface area contributed by atoms with Crippen molar-refractivity contribution in [2.24, 2.45) is 0 Å². The Labute approximate surface area is 83.4 Å². The summed E-state index contributed by atoms with van der Waals surface area (Å²) in [6.45, 7) is 2.99. The summed E-state index contributed by atoms with van der Waals surface area (Å²) in [5, 5.41) is 0. The third-order valence-corrected chi connectivity index (χ3v) is 2.16. The highest BCUT2D eigenvalue weighted by molar-refractivity contribution is 5.12. The number of aryl methyl sites for hydroxylation is 3. The van der Waals surface area contributed by atoms with Gasteiger partial charge in [-0.3, -0.25) is 4.98 Å². The molecule has 72 valence electrons. The van der Waals surface area contributed by atoms with E-state index in [2.05, 4.69) is 26.7 Å². The SMILES string of the molecule is Cc1ccc(CCn2ccnc2)nc1. The number of aromatic nitrogens is 3. The lowest BCUT2D eigenvalue weighted by molar-refractivity contribution is 0.684. The second kappa shape index (κ2) is 4.05. The average Bonchev–Trinajstić information content (AvgIpc) is 2.70. The Bertz CT molecular complexity index is 375. The van der Waals surface area contributed by atoms with Crippen molar-refractivity contribution in [2.75, 3.05) is 0 Å². The monoisotopic (exact) mass is 187 g/mol. The highest BCUT2D eigenvalue weighted by atomic mass is 15.0. The van der Waals surface area contributed by atoms with Gasteiger partial charge in [0.25, 0.3) is 0 Å². The molecule has 2 rings (SSSR count). The summed E-state index contributed by atoms with van der Waals surface area (Å²) in [5.41, 5.74) is 2.33. The first kappa shape index (κ1) is 8.94. The average molecular weight is 187 g/mol. The Balaban J connectivity index is 1.95. The van der Waals surface area contributed by atoms with E-state index in [1.807, 2.05) is 25.6 Å². The first-order valence-electron chi connectivity index (χ1n) is 4.72. The van der Waals surface area contributed by atoms with Crippen molar-refractivity contribution < 1.29 is 0 Å². The van der Waals surface area contributed by atoms with E-state index in [1.165, 1.54) is 5.56 Å². The molecule has 0 unspecified atom stereocenters. The van der Waals surface area contributed by atoms with Gasteiger partial charge in [-0.25, -0.2) is 4.98 Å². The van der Waals surface area contributed by atoms with Gasteiger partial charge in [0.05, 0.1) is 6.33 Å². The molecule has 2 heterocycles. The van der Waals surface area contributed by atoms with Gasteiger partial charge in [-0.2, -0.15) is 0 Å². The zero-order valence-electron chi connectivity index (χ0n) is 8.22. The van der Waals surface area contributed by atoms with Crippen LogP contribution < -0.4 is 0 Å². The molecule has 3 nitrogen and oxygen atoms in total. The van der Waals surface area contributed by atoms with Crippen molar-refractivity contribution in [2.45, 2.75) is 19.9 Å². The summed E-state index contributed by atoms with van der Waals surface area (Å²) in [4.78, 5) is 8.34. The highest BCUT2D eigenvalue weighted by Gasteiger charge is 1.94. The van der Waals surface area contributed by atoms with Crippen LogP contribution in [0.2, 0.25) is 0 Å². The first-order valence-corrected chi connectivity index (χ1v) is 4.72. The van der Waals surface area contributed by atoms with E-state index in [0.29, 0.717) is 0 Å². The summed E-state index contributed by atoms with van der Waals surface area (Å²) in [5.74, 6) is 0. The van der Waals surface area contributed by atoms with Crippen molar-refractivity contribution in [3.05, 3.63) is 48.3 Å². The summed E-state index contributed by atoms with van der Waals surface area (Å²) in [7, 11) is 0. The van der Waals surface area contributed by atoms with E-state index in [4.69, 9.17) is 0 Å². The Morgan fingerprint density at radius 2 is 2.29 bits per heavy atom. The van der Waals surface area contributed by atoms with Crippen LogP contribution in [0.25, 0.3) is 0 Å². The number of hydrogen-bond acceptors (Lipinski definition) is 2. The van der Waals surface area contributed by atoms with Gasteiger partial charge in [-0.15, -0.1) is 0 Å². The van der Waals surface area contributed by atoms with E-state index < -0.39 is 0 Å². The van der Waals surface area contributed by atoms with Gasteiger partial charge in [0.15, 0.2) is 0 Å². The van der Waals surface area contributed by atoms with Crippen molar-refractivity contribution in [1.29, 1.82) is 0 Å². The molecule has 0 N–H and O–H groups in total. The molecule has 0 bridgehead atoms. The fourth-order valence-electron chi connectivity index (χ4n) is 1.31. The van der Waals surface area contributed by atoms with Crippen molar-refractivity contribution in [3.8, 4) is 0 Å². The number of hydrogen-bond donors (Lipinski definition) is 0. The van der Waals surface area contributed by atoms with E-state index >= 15 is 0 Å². The molecule has 2 aromatic rings. The molecule has 0 aromatic carbocycles. The van der Waals surface area contributed by atoms with Crippen LogP contribution in [-0.4, -0.2) is 14.5 Å². The molecular weight excluding hydrogens is 174 g/mol. The first-order chi connectivity index (χ1) is 6.84. The fourth-order valence-corrected chi connectivity index (χ4v) is 1.31. The molecule has 0 aliphatic carbocycles. The maximum absolute atomic E-state index is 4.34. The molecule has 0 saturated heterocycles. The zero-order valence-corrected chi connectivity index (χ0v) is 8.22. The van der Waals surface area contributed by atoms with Gasteiger partial charge in [0.1, 0.15) is 0 Å². The van der Waals surface area contributed by atoms with Crippen LogP contribution in [0, 0.1) is 6.92 Å². The van der Waals surface area contributed by atoms with Crippen LogP contribution >= 0.6 is 0 Å². The standard InChI is InChI=1S/C11H13N3/c1-10-2-3-11(13-8-10)4-6-14-7-5-12-9-14/h2-3,5,7-9H,4,6H2,1H3. The second-order valence-corrected chi connectivity index (χ2v) is 3.38. The third-order valence-electron chi connectivity index (χ3n) is 2.16. The molecule has 0 aliphatic heterocycles. The predicted octanol–water partition coefficient (Wildman–Crippen LogP) is 1.83.